The molecule has 6 heteroatoms. The predicted molar refractivity (Wildman–Crippen MR) is 75.8 cm³/mol. The van der Waals surface area contributed by atoms with Crippen molar-refractivity contribution in [1.82, 2.24) is 0 Å². The van der Waals surface area contributed by atoms with E-state index in [4.69, 9.17) is 19.9 Å². The van der Waals surface area contributed by atoms with Crippen LogP contribution in [-0.2, 0) is 14.2 Å². The fourth-order valence-electron chi connectivity index (χ4n) is 2.17. The summed E-state index contributed by atoms with van der Waals surface area (Å²) in [7, 11) is 1.35. The lowest BCUT2D eigenvalue weighted by molar-refractivity contribution is 0.0478. The van der Waals surface area contributed by atoms with Gasteiger partial charge in [-0.1, -0.05) is 0 Å². The van der Waals surface area contributed by atoms with E-state index in [9.17, 15) is 4.79 Å². The van der Waals surface area contributed by atoms with E-state index in [1.807, 2.05) is 6.92 Å². The van der Waals surface area contributed by atoms with Crippen molar-refractivity contribution in [3.8, 4) is 0 Å². The van der Waals surface area contributed by atoms with Crippen LogP contribution in [0.2, 0.25) is 0 Å². The smallest absolute Gasteiger partial charge is 0.337 e. The van der Waals surface area contributed by atoms with Crippen molar-refractivity contribution in [2.24, 2.45) is 0 Å². The molecular weight excluding hydrogens is 260 g/mol. The highest BCUT2D eigenvalue weighted by Gasteiger charge is 2.29. The van der Waals surface area contributed by atoms with Crippen LogP contribution in [0, 0.1) is 0 Å². The largest absolute Gasteiger partial charge is 0.465 e. The van der Waals surface area contributed by atoms with Crippen LogP contribution in [-0.4, -0.2) is 45.0 Å². The Morgan fingerprint density at radius 2 is 2.30 bits per heavy atom. The van der Waals surface area contributed by atoms with Gasteiger partial charge in [0.05, 0.1) is 43.3 Å². The highest BCUT2D eigenvalue weighted by Crippen LogP contribution is 2.24. The van der Waals surface area contributed by atoms with Gasteiger partial charge in [-0.05, 0) is 25.1 Å². The number of methoxy groups -OCH3 is 1. The number of hydrogen-bond acceptors (Lipinski definition) is 6. The van der Waals surface area contributed by atoms with Crippen molar-refractivity contribution >= 4 is 17.3 Å². The van der Waals surface area contributed by atoms with Crippen molar-refractivity contribution in [1.29, 1.82) is 0 Å². The third kappa shape index (κ3) is 3.20. The molecule has 2 rings (SSSR count). The first-order valence-corrected chi connectivity index (χ1v) is 6.59. The zero-order valence-corrected chi connectivity index (χ0v) is 11.7. The summed E-state index contributed by atoms with van der Waals surface area (Å²) >= 11 is 0. The van der Waals surface area contributed by atoms with E-state index >= 15 is 0 Å². The van der Waals surface area contributed by atoms with Crippen LogP contribution in [0.25, 0.3) is 0 Å². The van der Waals surface area contributed by atoms with E-state index in [-0.39, 0.29) is 12.1 Å². The van der Waals surface area contributed by atoms with Crippen molar-refractivity contribution in [2.75, 3.05) is 38.0 Å². The Bertz CT molecular complexity index is 478. The maximum absolute atomic E-state index is 11.5. The van der Waals surface area contributed by atoms with Gasteiger partial charge >= 0.3 is 5.97 Å². The molecule has 3 N–H and O–H groups in total. The summed E-state index contributed by atoms with van der Waals surface area (Å²) in [4.78, 5) is 11.5. The fraction of sp³-hybridized carbons (Fsp3) is 0.500. The van der Waals surface area contributed by atoms with Gasteiger partial charge < -0.3 is 25.3 Å². The number of nitrogens with one attached hydrogen (secondary N) is 1. The third-order valence-electron chi connectivity index (χ3n) is 3.22. The van der Waals surface area contributed by atoms with Gasteiger partial charge in [-0.25, -0.2) is 4.79 Å². The minimum absolute atomic E-state index is 0.0128. The third-order valence-corrected chi connectivity index (χ3v) is 3.22. The Kier molecular flexibility index (Phi) is 4.81. The van der Waals surface area contributed by atoms with Gasteiger partial charge in [0.25, 0.3) is 0 Å². The zero-order chi connectivity index (χ0) is 14.5. The minimum atomic E-state index is -0.392. The summed E-state index contributed by atoms with van der Waals surface area (Å²) in [6, 6.07) is 5.02. The van der Waals surface area contributed by atoms with Gasteiger partial charge in [0.15, 0.2) is 0 Å². The SMILES string of the molecule is CCO[C@H]1COC[C@H]1Nc1cc(C(=O)OC)ccc1N. The second-order valence-electron chi connectivity index (χ2n) is 4.58. The highest BCUT2D eigenvalue weighted by atomic mass is 16.5. The number of nitrogen functional groups attached to an aromatic ring is 1. The molecule has 1 aliphatic rings. The van der Waals surface area contributed by atoms with Gasteiger partial charge in [0.2, 0.25) is 0 Å². The molecule has 0 radical (unpaired) electrons. The summed E-state index contributed by atoms with van der Waals surface area (Å²) in [5.41, 5.74) is 7.64. The Labute approximate surface area is 118 Å². The van der Waals surface area contributed by atoms with Gasteiger partial charge in [0, 0.05) is 6.61 Å². The molecular formula is C14H20N2O4. The topological polar surface area (TPSA) is 82.8 Å². The number of nitrogens with two attached hydrogens (primary N) is 1. The molecule has 0 bridgehead atoms. The Hall–Kier alpha value is -1.79. The summed E-state index contributed by atoms with van der Waals surface area (Å²) in [6.45, 7) is 3.68. The Morgan fingerprint density at radius 3 is 3.00 bits per heavy atom. The van der Waals surface area contributed by atoms with E-state index < -0.39 is 5.97 Å². The summed E-state index contributed by atoms with van der Waals surface area (Å²) < 4.78 is 15.7. The second kappa shape index (κ2) is 6.58. The predicted octanol–water partition coefficient (Wildman–Crippen LogP) is 1.27. The summed E-state index contributed by atoms with van der Waals surface area (Å²) in [6.07, 6.45) is -0.0128. The number of esters is 1. The second-order valence-corrected chi connectivity index (χ2v) is 4.58. The molecule has 2 atom stereocenters. The molecule has 6 nitrogen and oxygen atoms in total. The molecule has 110 valence electrons. The van der Waals surface area contributed by atoms with Crippen LogP contribution in [0.4, 0.5) is 11.4 Å². The Morgan fingerprint density at radius 1 is 1.50 bits per heavy atom. The van der Waals surface area contributed by atoms with Gasteiger partial charge in [-0.2, -0.15) is 0 Å². The molecule has 0 aromatic heterocycles. The van der Waals surface area contributed by atoms with Crippen LogP contribution < -0.4 is 11.1 Å². The molecule has 1 aliphatic heterocycles. The number of rotatable bonds is 5. The standard InChI is InChI=1S/C14H20N2O4/c1-3-20-13-8-19-7-12(13)16-11-6-9(14(17)18-2)4-5-10(11)15/h4-6,12-13,16H,3,7-8,15H2,1-2H3/t12-,13+/m1/s1. The lowest BCUT2D eigenvalue weighted by Gasteiger charge is -2.21. The molecule has 1 heterocycles. The first-order valence-electron chi connectivity index (χ1n) is 6.59. The first kappa shape index (κ1) is 14.6. The van der Waals surface area contributed by atoms with Crippen LogP contribution in [0.15, 0.2) is 18.2 Å². The van der Waals surface area contributed by atoms with Crippen LogP contribution in [0.1, 0.15) is 17.3 Å². The summed E-state index contributed by atoms with van der Waals surface area (Å²) in [5, 5.41) is 3.28. The average Bonchev–Trinajstić information content (AvgIpc) is 2.88. The summed E-state index contributed by atoms with van der Waals surface area (Å²) in [5.74, 6) is -0.392. The van der Waals surface area contributed by atoms with E-state index in [1.165, 1.54) is 7.11 Å². The quantitative estimate of drug-likeness (QED) is 0.624. The highest BCUT2D eigenvalue weighted by molar-refractivity contribution is 5.92. The normalized spacial score (nSPS) is 21.7. The maximum atomic E-state index is 11.5. The number of hydrogen-bond donors (Lipinski definition) is 2. The lowest BCUT2D eigenvalue weighted by Crippen LogP contribution is -2.34. The molecule has 0 aliphatic carbocycles. The lowest BCUT2D eigenvalue weighted by atomic mass is 10.1. The molecule has 0 spiro atoms. The van der Waals surface area contributed by atoms with Crippen LogP contribution in [0.5, 0.6) is 0 Å². The monoisotopic (exact) mass is 280 g/mol. The zero-order valence-electron chi connectivity index (χ0n) is 11.7. The number of carbonyl (C=O) groups excluding carboxylic acids is 1. The molecule has 20 heavy (non-hydrogen) atoms. The van der Waals surface area contributed by atoms with Gasteiger partial charge in [-0.15, -0.1) is 0 Å². The molecule has 0 saturated carbocycles. The van der Waals surface area contributed by atoms with Crippen molar-refractivity contribution in [2.45, 2.75) is 19.1 Å². The van der Waals surface area contributed by atoms with Crippen molar-refractivity contribution in [3.05, 3.63) is 23.8 Å². The van der Waals surface area contributed by atoms with Gasteiger partial charge in [-0.3, -0.25) is 0 Å². The number of benzene rings is 1. The number of ether oxygens (including phenoxy) is 3. The van der Waals surface area contributed by atoms with E-state index in [1.54, 1.807) is 18.2 Å². The molecule has 0 unspecified atom stereocenters. The number of carbonyl (C=O) groups is 1. The van der Waals surface area contributed by atoms with Crippen LogP contribution >= 0.6 is 0 Å². The molecule has 0 amide bonds. The van der Waals surface area contributed by atoms with E-state index in [0.717, 1.165) is 0 Å². The van der Waals surface area contributed by atoms with Gasteiger partial charge in [0.1, 0.15) is 6.10 Å². The average molecular weight is 280 g/mol. The Balaban J connectivity index is 2.13. The molecule has 1 saturated heterocycles. The fourth-order valence-corrected chi connectivity index (χ4v) is 2.17. The van der Waals surface area contributed by atoms with E-state index in [0.29, 0.717) is 36.8 Å². The maximum Gasteiger partial charge on any atom is 0.337 e. The van der Waals surface area contributed by atoms with Crippen molar-refractivity contribution in [3.63, 3.8) is 0 Å². The molecule has 1 aromatic carbocycles. The molecule has 1 aromatic rings. The van der Waals surface area contributed by atoms with Crippen LogP contribution in [0.3, 0.4) is 0 Å². The molecule has 1 fully saturated rings. The van der Waals surface area contributed by atoms with E-state index in [2.05, 4.69) is 5.32 Å². The van der Waals surface area contributed by atoms with Crippen molar-refractivity contribution < 1.29 is 19.0 Å². The number of anilines is 2. The first-order chi connectivity index (χ1) is 9.65. The minimum Gasteiger partial charge on any atom is -0.465 e.